The zero-order valence-electron chi connectivity index (χ0n) is 20.9. The first-order valence-corrected chi connectivity index (χ1v) is 13.6. The third-order valence-electron chi connectivity index (χ3n) is 6.65. The van der Waals surface area contributed by atoms with E-state index in [1.165, 1.54) is 6.33 Å². The van der Waals surface area contributed by atoms with Crippen molar-refractivity contribution in [1.29, 1.82) is 0 Å². The molecule has 42 heavy (non-hydrogen) atoms. The SMILES string of the molecule is Nc1nc2c(nnn2[C@@H]2O[C@H](CO)[C@H](F)[C@H]2OP(=O)(O)OC[C@H]2O[C@@H](n3cnc4c(N)ncnc43)[C@@H](F)[C@@H]2O)c(=O)[nH]1. The molecule has 20 nitrogen and oxygen atoms in total. The molecule has 226 valence electrons. The number of phosphoric ester groups is 1. The Morgan fingerprint density at radius 3 is 2.62 bits per heavy atom. The molecule has 2 fully saturated rings. The van der Waals surface area contributed by atoms with E-state index in [2.05, 4.69) is 35.2 Å². The van der Waals surface area contributed by atoms with Gasteiger partial charge in [-0.3, -0.25) is 23.4 Å². The second-order valence-corrected chi connectivity index (χ2v) is 10.7. The van der Waals surface area contributed by atoms with E-state index in [-0.39, 0.29) is 34.1 Å². The van der Waals surface area contributed by atoms with Crippen molar-refractivity contribution in [2.24, 2.45) is 0 Å². The Labute approximate surface area is 230 Å². The highest BCUT2D eigenvalue weighted by molar-refractivity contribution is 7.47. The Kier molecular flexibility index (Phi) is 7.09. The van der Waals surface area contributed by atoms with Crippen LogP contribution in [-0.4, -0.2) is 110 Å². The van der Waals surface area contributed by atoms with E-state index >= 15 is 8.78 Å². The summed E-state index contributed by atoms with van der Waals surface area (Å²) >= 11 is 0. The highest BCUT2D eigenvalue weighted by Gasteiger charge is 2.52. The lowest BCUT2D eigenvalue weighted by Gasteiger charge is -2.23. The van der Waals surface area contributed by atoms with Gasteiger partial charge in [0, 0.05) is 0 Å². The third kappa shape index (κ3) is 4.76. The van der Waals surface area contributed by atoms with Crippen LogP contribution in [-0.2, 0) is 23.1 Å². The van der Waals surface area contributed by atoms with Crippen molar-refractivity contribution in [1.82, 2.24) is 44.5 Å². The molecule has 1 unspecified atom stereocenters. The number of aliphatic hydroxyl groups excluding tert-OH is 2. The topological polar surface area (TPSA) is 287 Å². The monoisotopic (exact) mass is 617 g/mol. The summed E-state index contributed by atoms with van der Waals surface area (Å²) < 4.78 is 66.0. The molecule has 0 aliphatic carbocycles. The van der Waals surface area contributed by atoms with Crippen LogP contribution in [0.25, 0.3) is 22.3 Å². The minimum Gasteiger partial charge on any atom is -0.394 e. The number of anilines is 2. The summed E-state index contributed by atoms with van der Waals surface area (Å²) in [6.45, 7) is -1.74. The second kappa shape index (κ2) is 10.5. The number of nitrogen functional groups attached to an aromatic ring is 2. The number of rotatable bonds is 8. The predicted molar refractivity (Wildman–Crippen MR) is 131 cm³/mol. The molecule has 23 heteroatoms. The lowest BCUT2D eigenvalue weighted by atomic mass is 10.1. The minimum absolute atomic E-state index is 0.0275. The Balaban J connectivity index is 1.19. The van der Waals surface area contributed by atoms with Gasteiger partial charge in [-0.25, -0.2) is 28.3 Å². The van der Waals surface area contributed by atoms with Crippen LogP contribution in [0, 0.1) is 0 Å². The van der Waals surface area contributed by atoms with Crippen molar-refractivity contribution < 1.29 is 47.0 Å². The minimum atomic E-state index is -5.20. The van der Waals surface area contributed by atoms with Crippen LogP contribution >= 0.6 is 7.82 Å². The number of phosphoric acid groups is 1. The lowest BCUT2D eigenvalue weighted by Crippen LogP contribution is -2.33. The van der Waals surface area contributed by atoms with Crippen molar-refractivity contribution in [2.75, 3.05) is 24.7 Å². The molecule has 4 aromatic heterocycles. The van der Waals surface area contributed by atoms with Gasteiger partial charge in [-0.15, -0.1) is 5.10 Å². The van der Waals surface area contributed by atoms with Gasteiger partial charge < -0.3 is 36.0 Å². The van der Waals surface area contributed by atoms with Gasteiger partial charge in [0.25, 0.3) is 5.56 Å². The average Bonchev–Trinajstić information content (AvgIpc) is 3.69. The van der Waals surface area contributed by atoms with Crippen LogP contribution in [0.4, 0.5) is 20.5 Å². The molecular formula is C19H22F2N11O9P. The summed E-state index contributed by atoms with van der Waals surface area (Å²) in [5.41, 5.74) is 10.2. The van der Waals surface area contributed by atoms with E-state index in [0.29, 0.717) is 0 Å². The molecule has 8 N–H and O–H groups in total. The van der Waals surface area contributed by atoms with E-state index in [0.717, 1.165) is 15.6 Å². The maximum Gasteiger partial charge on any atom is 0.472 e. The molecule has 0 aromatic carbocycles. The highest BCUT2D eigenvalue weighted by atomic mass is 31.2. The number of aliphatic hydroxyl groups is 2. The highest BCUT2D eigenvalue weighted by Crippen LogP contribution is 2.50. The number of nitrogens with one attached hydrogen (secondary N) is 1. The summed E-state index contributed by atoms with van der Waals surface area (Å²) in [5, 5.41) is 27.3. The zero-order valence-corrected chi connectivity index (χ0v) is 21.8. The third-order valence-corrected chi connectivity index (χ3v) is 7.64. The summed E-state index contributed by atoms with van der Waals surface area (Å²) in [6.07, 6.45) is -11.9. The quantitative estimate of drug-likeness (QED) is 0.115. The number of nitrogens with two attached hydrogens (primary N) is 2. The fourth-order valence-electron chi connectivity index (χ4n) is 4.65. The summed E-state index contributed by atoms with van der Waals surface area (Å²) in [4.78, 5) is 40.4. The Morgan fingerprint density at radius 2 is 1.86 bits per heavy atom. The van der Waals surface area contributed by atoms with Crippen molar-refractivity contribution >= 4 is 41.9 Å². The molecule has 2 saturated heterocycles. The number of alkyl halides is 2. The number of aromatic nitrogens is 9. The number of aromatic amines is 1. The number of imidazole rings is 1. The summed E-state index contributed by atoms with van der Waals surface area (Å²) in [6, 6.07) is 0. The largest absolute Gasteiger partial charge is 0.472 e. The zero-order chi connectivity index (χ0) is 29.9. The molecule has 2 aliphatic heterocycles. The second-order valence-electron chi connectivity index (χ2n) is 9.27. The molecule has 0 saturated carbocycles. The first-order valence-electron chi connectivity index (χ1n) is 12.1. The standard InChI is InChI=1S/C19H22F2N11O9P/c20-7-5(1-33)39-18(32-15-10(29-30-32)16(35)28-19(23)27-15)12(7)41-42(36,37)38-2-6-11(34)8(21)17(40-6)31-4-26-9-13(22)24-3-25-14(9)31/h3-8,11-12,17-18,33-34H,1-2H2,(H,36,37)(H2,22,24,25)(H3,23,27,28,35)/t5-,6-,7+,8+,11-,12-,17-,18-/m1/s1. The Hall–Kier alpha value is -3.76. The fraction of sp³-hybridized carbons (Fsp3) is 0.526. The van der Waals surface area contributed by atoms with Crippen molar-refractivity contribution in [3.63, 3.8) is 0 Å². The van der Waals surface area contributed by atoms with Crippen LogP contribution < -0.4 is 17.0 Å². The molecule has 9 atom stereocenters. The summed E-state index contributed by atoms with van der Waals surface area (Å²) in [5.74, 6) is -0.308. The molecule has 0 bridgehead atoms. The van der Waals surface area contributed by atoms with E-state index in [9.17, 15) is 24.5 Å². The first kappa shape index (κ1) is 28.4. The number of H-pyrrole nitrogens is 1. The molecule has 2 aliphatic rings. The number of hydrogen-bond acceptors (Lipinski definition) is 16. The van der Waals surface area contributed by atoms with Crippen molar-refractivity contribution in [2.45, 2.75) is 49.2 Å². The van der Waals surface area contributed by atoms with Crippen LogP contribution in [0.3, 0.4) is 0 Å². The van der Waals surface area contributed by atoms with Crippen LogP contribution in [0.2, 0.25) is 0 Å². The molecule has 6 rings (SSSR count). The van der Waals surface area contributed by atoms with Crippen molar-refractivity contribution in [3.8, 4) is 0 Å². The van der Waals surface area contributed by atoms with E-state index in [4.69, 9.17) is 30.0 Å². The number of nitrogens with zero attached hydrogens (tertiary/aromatic N) is 8. The van der Waals surface area contributed by atoms with E-state index in [1.54, 1.807) is 0 Å². The van der Waals surface area contributed by atoms with Gasteiger partial charge in [0.05, 0.1) is 19.5 Å². The molecule has 0 radical (unpaired) electrons. The van der Waals surface area contributed by atoms with Crippen LogP contribution in [0.15, 0.2) is 17.4 Å². The van der Waals surface area contributed by atoms with Gasteiger partial charge in [0.1, 0.15) is 36.3 Å². The molecular weight excluding hydrogens is 595 g/mol. The van der Waals surface area contributed by atoms with Gasteiger partial charge in [-0.05, 0) is 0 Å². The van der Waals surface area contributed by atoms with Gasteiger partial charge in [-0.1, -0.05) is 5.21 Å². The number of fused-ring (bicyclic) bond motifs is 2. The normalized spacial score (nSPS) is 31.3. The van der Waals surface area contributed by atoms with Crippen LogP contribution in [0.5, 0.6) is 0 Å². The predicted octanol–water partition coefficient (Wildman–Crippen LogP) is -2.15. The number of ether oxygens (including phenoxy) is 2. The van der Waals surface area contributed by atoms with Crippen molar-refractivity contribution in [3.05, 3.63) is 23.0 Å². The lowest BCUT2D eigenvalue weighted by molar-refractivity contribution is -0.0640. The number of hydrogen-bond donors (Lipinski definition) is 6. The van der Waals surface area contributed by atoms with Gasteiger partial charge in [0.2, 0.25) is 5.95 Å². The smallest absolute Gasteiger partial charge is 0.394 e. The maximum absolute atomic E-state index is 15.2. The molecule has 6 heterocycles. The van der Waals surface area contributed by atoms with Crippen LogP contribution in [0.1, 0.15) is 12.5 Å². The Bertz CT molecular complexity index is 1740. The Morgan fingerprint density at radius 1 is 1.10 bits per heavy atom. The van der Waals surface area contributed by atoms with E-state index < -0.39 is 75.8 Å². The first-order chi connectivity index (χ1) is 20.0. The van der Waals surface area contributed by atoms with Gasteiger partial charge >= 0.3 is 7.82 Å². The molecule has 4 aromatic rings. The maximum atomic E-state index is 15.2. The fourth-order valence-corrected chi connectivity index (χ4v) is 5.58. The van der Waals surface area contributed by atoms with Gasteiger partial charge in [0.15, 0.2) is 47.4 Å². The average molecular weight is 617 g/mol. The molecule has 0 amide bonds. The van der Waals surface area contributed by atoms with E-state index in [1.807, 2.05) is 0 Å². The number of halogens is 2. The molecule has 0 spiro atoms. The summed E-state index contributed by atoms with van der Waals surface area (Å²) in [7, 11) is -5.20. The van der Waals surface area contributed by atoms with Gasteiger partial charge in [-0.2, -0.15) is 9.67 Å².